The lowest BCUT2D eigenvalue weighted by Gasteiger charge is -2.37. The van der Waals surface area contributed by atoms with Gasteiger partial charge in [-0.2, -0.15) is 0 Å². The van der Waals surface area contributed by atoms with Crippen molar-refractivity contribution in [2.45, 2.75) is 38.9 Å². The van der Waals surface area contributed by atoms with Crippen molar-refractivity contribution in [2.24, 2.45) is 0 Å². The Labute approximate surface area is 282 Å². The third kappa shape index (κ3) is 13.3. The quantitative estimate of drug-likeness (QED) is 0.166. The van der Waals surface area contributed by atoms with E-state index in [9.17, 15) is 9.59 Å². The van der Waals surface area contributed by atoms with Crippen molar-refractivity contribution in [3.8, 4) is 5.75 Å². The molecule has 10 nitrogen and oxygen atoms in total. The Balaban J connectivity index is 1.06. The summed E-state index contributed by atoms with van der Waals surface area (Å²) >= 11 is 6.41. The number of amides is 2. The minimum absolute atomic E-state index is 0.226. The summed E-state index contributed by atoms with van der Waals surface area (Å²) in [6.45, 7) is 8.83. The van der Waals surface area contributed by atoms with E-state index >= 15 is 0 Å². The summed E-state index contributed by atoms with van der Waals surface area (Å²) in [5.74, 6) is 0.652. The van der Waals surface area contributed by atoms with Crippen LogP contribution in [0.1, 0.15) is 31.4 Å². The molecule has 1 aliphatic rings. The maximum atomic E-state index is 12.9. The van der Waals surface area contributed by atoms with Crippen LogP contribution in [0.2, 0.25) is 5.02 Å². The number of anilines is 1. The van der Waals surface area contributed by atoms with Gasteiger partial charge < -0.3 is 38.8 Å². The molecule has 11 heteroatoms. The van der Waals surface area contributed by atoms with Gasteiger partial charge in [0.05, 0.1) is 26.4 Å². The second-order valence-electron chi connectivity index (χ2n) is 11.8. The standard InChI is InChI=1S/C36H46ClN3O7/c1-36(2,14-13-29-9-5-3-6-10-29)47-35(42)40-18-16-39(17-19-40)32-25-31(37)26-33(27-32)45-24-23-44-22-21-43-20-15-38-34(41)46-28-30-11-7-4-8-12-30/h3-12,25-27H,13-24,28H2,1-2H3,(H,38,41). The van der Waals surface area contributed by atoms with Crippen molar-refractivity contribution in [3.63, 3.8) is 0 Å². The van der Waals surface area contributed by atoms with Gasteiger partial charge in [-0.1, -0.05) is 72.3 Å². The van der Waals surface area contributed by atoms with E-state index in [1.165, 1.54) is 5.56 Å². The molecule has 0 radical (unpaired) electrons. The van der Waals surface area contributed by atoms with Gasteiger partial charge in [0, 0.05) is 49.5 Å². The van der Waals surface area contributed by atoms with E-state index in [0.29, 0.717) is 76.5 Å². The molecule has 2 amide bonds. The lowest BCUT2D eigenvalue weighted by Crippen LogP contribution is -2.50. The van der Waals surface area contributed by atoms with E-state index in [0.717, 1.165) is 24.1 Å². The van der Waals surface area contributed by atoms with Crippen LogP contribution in [0.15, 0.2) is 78.9 Å². The van der Waals surface area contributed by atoms with E-state index in [-0.39, 0.29) is 12.7 Å². The van der Waals surface area contributed by atoms with Crippen molar-refractivity contribution in [1.29, 1.82) is 0 Å². The van der Waals surface area contributed by atoms with E-state index < -0.39 is 11.7 Å². The molecule has 1 N–H and O–H groups in total. The number of nitrogens with one attached hydrogen (secondary N) is 1. The van der Waals surface area contributed by atoms with Crippen LogP contribution in [-0.2, 0) is 32.0 Å². The molecule has 1 fully saturated rings. The predicted molar refractivity (Wildman–Crippen MR) is 182 cm³/mol. The molecule has 0 saturated carbocycles. The van der Waals surface area contributed by atoms with Crippen LogP contribution in [0, 0.1) is 0 Å². The molecule has 0 aliphatic carbocycles. The van der Waals surface area contributed by atoms with Crippen LogP contribution in [0.3, 0.4) is 0 Å². The number of carbonyl (C=O) groups excluding carboxylic acids is 2. The monoisotopic (exact) mass is 667 g/mol. The zero-order valence-corrected chi connectivity index (χ0v) is 28.1. The van der Waals surface area contributed by atoms with Gasteiger partial charge in [-0.15, -0.1) is 0 Å². The Morgan fingerprint density at radius 1 is 0.809 bits per heavy atom. The SMILES string of the molecule is CC(C)(CCc1ccccc1)OC(=O)N1CCN(c2cc(Cl)cc(OCCOCCOCCNC(=O)OCc3ccccc3)c2)CC1. The first kappa shape index (κ1) is 35.9. The highest BCUT2D eigenvalue weighted by atomic mass is 35.5. The van der Waals surface area contributed by atoms with Gasteiger partial charge in [0.15, 0.2) is 0 Å². The Morgan fingerprint density at radius 2 is 1.45 bits per heavy atom. The van der Waals surface area contributed by atoms with Crippen LogP contribution < -0.4 is 15.0 Å². The first-order valence-corrected chi connectivity index (χ1v) is 16.5. The van der Waals surface area contributed by atoms with Crippen LogP contribution >= 0.6 is 11.6 Å². The zero-order chi connectivity index (χ0) is 33.3. The molecule has 0 unspecified atom stereocenters. The second-order valence-corrected chi connectivity index (χ2v) is 12.2. The van der Waals surface area contributed by atoms with Gasteiger partial charge in [-0.3, -0.25) is 0 Å². The van der Waals surface area contributed by atoms with E-state index in [4.69, 9.17) is 35.3 Å². The number of piperazine rings is 1. The van der Waals surface area contributed by atoms with Crippen LogP contribution in [0.25, 0.3) is 0 Å². The molecule has 254 valence electrons. The molecule has 47 heavy (non-hydrogen) atoms. The Bertz CT molecular complexity index is 1370. The summed E-state index contributed by atoms with van der Waals surface area (Å²) in [6.07, 6.45) is 0.843. The molecule has 3 aromatic carbocycles. The minimum Gasteiger partial charge on any atom is -0.491 e. The Morgan fingerprint density at radius 3 is 2.15 bits per heavy atom. The lowest BCUT2D eigenvalue weighted by molar-refractivity contribution is 0.00790. The summed E-state index contributed by atoms with van der Waals surface area (Å²) < 4.78 is 28.0. The number of benzene rings is 3. The summed E-state index contributed by atoms with van der Waals surface area (Å²) in [5.41, 5.74) is 2.54. The number of carbonyl (C=O) groups is 2. The van der Waals surface area contributed by atoms with Crippen molar-refractivity contribution in [1.82, 2.24) is 10.2 Å². The topological polar surface area (TPSA) is 98.8 Å². The number of hydrogen-bond acceptors (Lipinski definition) is 8. The fourth-order valence-corrected chi connectivity index (χ4v) is 5.16. The maximum Gasteiger partial charge on any atom is 0.410 e. The van der Waals surface area contributed by atoms with Gasteiger partial charge >= 0.3 is 12.2 Å². The van der Waals surface area contributed by atoms with Gasteiger partial charge in [0.2, 0.25) is 0 Å². The average Bonchev–Trinajstić information content (AvgIpc) is 3.08. The minimum atomic E-state index is -0.558. The summed E-state index contributed by atoms with van der Waals surface area (Å²) in [4.78, 5) is 28.6. The molecule has 1 saturated heterocycles. The predicted octanol–water partition coefficient (Wildman–Crippen LogP) is 6.35. The molecule has 1 heterocycles. The first-order valence-electron chi connectivity index (χ1n) is 16.1. The van der Waals surface area contributed by atoms with E-state index in [1.807, 2.05) is 74.5 Å². The van der Waals surface area contributed by atoms with Crippen molar-refractivity contribution in [2.75, 3.05) is 70.7 Å². The fraction of sp³-hybridized carbons (Fsp3) is 0.444. The summed E-state index contributed by atoms with van der Waals surface area (Å²) in [6, 6.07) is 25.4. The molecule has 4 rings (SSSR count). The maximum absolute atomic E-state index is 12.9. The largest absolute Gasteiger partial charge is 0.491 e. The number of hydrogen-bond donors (Lipinski definition) is 1. The highest BCUT2D eigenvalue weighted by Gasteiger charge is 2.28. The second kappa shape index (κ2) is 19.0. The van der Waals surface area contributed by atoms with Gasteiger partial charge in [0.1, 0.15) is 24.6 Å². The molecule has 0 atom stereocenters. The molecular formula is C36H46ClN3O7. The van der Waals surface area contributed by atoms with Crippen molar-refractivity contribution < 1.29 is 33.3 Å². The van der Waals surface area contributed by atoms with Crippen LogP contribution in [0.5, 0.6) is 5.75 Å². The van der Waals surface area contributed by atoms with Crippen molar-refractivity contribution >= 4 is 29.5 Å². The third-order valence-electron chi connectivity index (χ3n) is 7.58. The molecule has 0 bridgehead atoms. The van der Waals surface area contributed by atoms with E-state index in [2.05, 4.69) is 22.3 Å². The first-order chi connectivity index (χ1) is 22.8. The summed E-state index contributed by atoms with van der Waals surface area (Å²) in [7, 11) is 0. The number of aryl methyl sites for hydroxylation is 1. The summed E-state index contributed by atoms with van der Waals surface area (Å²) in [5, 5.41) is 3.23. The molecule has 3 aromatic rings. The Hall–Kier alpha value is -3.99. The number of halogens is 1. The smallest absolute Gasteiger partial charge is 0.410 e. The van der Waals surface area contributed by atoms with Crippen LogP contribution in [0.4, 0.5) is 15.3 Å². The van der Waals surface area contributed by atoms with Gasteiger partial charge in [0.25, 0.3) is 0 Å². The Kier molecular flexibility index (Phi) is 14.5. The van der Waals surface area contributed by atoms with Gasteiger partial charge in [-0.25, -0.2) is 9.59 Å². The lowest BCUT2D eigenvalue weighted by atomic mass is 9.98. The molecular weight excluding hydrogens is 622 g/mol. The number of rotatable bonds is 17. The highest BCUT2D eigenvalue weighted by Crippen LogP contribution is 2.28. The van der Waals surface area contributed by atoms with Crippen LogP contribution in [-0.4, -0.2) is 88.4 Å². The van der Waals surface area contributed by atoms with E-state index in [1.54, 1.807) is 11.0 Å². The molecule has 1 aliphatic heterocycles. The van der Waals surface area contributed by atoms with Gasteiger partial charge in [-0.05, 0) is 49.9 Å². The highest BCUT2D eigenvalue weighted by molar-refractivity contribution is 6.31. The zero-order valence-electron chi connectivity index (χ0n) is 27.3. The van der Waals surface area contributed by atoms with Crippen molar-refractivity contribution in [3.05, 3.63) is 95.0 Å². The average molecular weight is 668 g/mol. The number of nitrogens with zero attached hydrogens (tertiary/aromatic N) is 2. The number of alkyl carbamates (subject to hydrolysis) is 1. The number of ether oxygens (including phenoxy) is 5. The molecule has 0 spiro atoms. The molecule has 0 aromatic heterocycles. The fourth-order valence-electron chi connectivity index (χ4n) is 4.94. The third-order valence-corrected chi connectivity index (χ3v) is 7.80. The normalized spacial score (nSPS) is 13.3.